The molecule has 0 saturated heterocycles. The van der Waals surface area contributed by atoms with Crippen molar-refractivity contribution in [3.8, 4) is 11.5 Å². The highest BCUT2D eigenvalue weighted by Gasteiger charge is 2.22. The zero-order valence-corrected chi connectivity index (χ0v) is 9.97. The standard InChI is InChI=1S/C11H15NO5/c1-15-8(11(13)14)4-7-9(16-2)5-12-6-10(7)17-3/h5-6,8H,4H2,1-3H3,(H,13,14). The molecule has 6 heteroatoms. The van der Waals surface area contributed by atoms with E-state index in [2.05, 4.69) is 4.98 Å². The molecule has 0 bridgehead atoms. The number of hydrogen-bond donors (Lipinski definition) is 1. The number of carboxylic acid groups (broad SMARTS) is 1. The average molecular weight is 241 g/mol. The van der Waals surface area contributed by atoms with Gasteiger partial charge in [-0.1, -0.05) is 0 Å². The van der Waals surface area contributed by atoms with E-state index in [0.29, 0.717) is 17.1 Å². The first-order valence-corrected chi connectivity index (χ1v) is 4.94. The molecule has 1 unspecified atom stereocenters. The fourth-order valence-corrected chi connectivity index (χ4v) is 1.46. The monoisotopic (exact) mass is 241 g/mol. The summed E-state index contributed by atoms with van der Waals surface area (Å²) in [6.45, 7) is 0. The van der Waals surface area contributed by atoms with Gasteiger partial charge < -0.3 is 19.3 Å². The van der Waals surface area contributed by atoms with Gasteiger partial charge in [0.25, 0.3) is 0 Å². The number of rotatable bonds is 6. The van der Waals surface area contributed by atoms with E-state index in [1.165, 1.54) is 33.7 Å². The van der Waals surface area contributed by atoms with Crippen LogP contribution in [0.2, 0.25) is 0 Å². The minimum Gasteiger partial charge on any atom is -0.495 e. The van der Waals surface area contributed by atoms with Crippen molar-refractivity contribution in [1.29, 1.82) is 0 Å². The molecule has 0 radical (unpaired) electrons. The highest BCUT2D eigenvalue weighted by molar-refractivity contribution is 5.73. The van der Waals surface area contributed by atoms with Gasteiger partial charge in [-0.3, -0.25) is 4.98 Å². The lowest BCUT2D eigenvalue weighted by atomic mass is 10.1. The lowest BCUT2D eigenvalue weighted by molar-refractivity contribution is -0.148. The number of aliphatic carboxylic acids is 1. The maximum Gasteiger partial charge on any atom is 0.333 e. The molecule has 0 aromatic carbocycles. The highest BCUT2D eigenvalue weighted by Crippen LogP contribution is 2.28. The lowest BCUT2D eigenvalue weighted by Gasteiger charge is -2.15. The summed E-state index contributed by atoms with van der Waals surface area (Å²) in [5.41, 5.74) is 0.624. The number of methoxy groups -OCH3 is 3. The molecule has 1 rings (SSSR count). The number of nitrogens with zero attached hydrogens (tertiary/aromatic N) is 1. The molecule has 0 fully saturated rings. The van der Waals surface area contributed by atoms with Crippen LogP contribution in [0.25, 0.3) is 0 Å². The van der Waals surface area contributed by atoms with E-state index < -0.39 is 12.1 Å². The smallest absolute Gasteiger partial charge is 0.333 e. The number of carbonyl (C=O) groups is 1. The zero-order chi connectivity index (χ0) is 12.8. The first kappa shape index (κ1) is 13.2. The van der Waals surface area contributed by atoms with Crippen molar-refractivity contribution >= 4 is 5.97 Å². The van der Waals surface area contributed by atoms with Crippen molar-refractivity contribution in [3.63, 3.8) is 0 Å². The Hall–Kier alpha value is -1.82. The Labute approximate surface area is 99.1 Å². The Balaban J connectivity index is 3.05. The quantitative estimate of drug-likeness (QED) is 0.791. The van der Waals surface area contributed by atoms with E-state index in [1.807, 2.05) is 0 Å². The largest absolute Gasteiger partial charge is 0.495 e. The van der Waals surface area contributed by atoms with E-state index in [9.17, 15) is 4.79 Å². The first-order chi connectivity index (χ1) is 8.13. The summed E-state index contributed by atoms with van der Waals surface area (Å²) in [5, 5.41) is 8.94. The van der Waals surface area contributed by atoms with Crippen LogP contribution in [0.1, 0.15) is 5.56 Å². The molecule has 0 aliphatic rings. The molecule has 1 N–H and O–H groups in total. The van der Waals surface area contributed by atoms with Crippen LogP contribution in [0, 0.1) is 0 Å². The Morgan fingerprint density at radius 3 is 2.18 bits per heavy atom. The molecular weight excluding hydrogens is 226 g/mol. The summed E-state index contributed by atoms with van der Waals surface area (Å²) in [4.78, 5) is 14.8. The summed E-state index contributed by atoms with van der Waals surface area (Å²) < 4.78 is 15.1. The normalized spacial score (nSPS) is 11.9. The van der Waals surface area contributed by atoms with Crippen molar-refractivity contribution in [3.05, 3.63) is 18.0 Å². The third-order valence-electron chi connectivity index (χ3n) is 2.37. The third-order valence-corrected chi connectivity index (χ3v) is 2.37. The molecule has 0 aliphatic carbocycles. The lowest BCUT2D eigenvalue weighted by Crippen LogP contribution is -2.25. The molecule has 0 amide bonds. The van der Waals surface area contributed by atoms with Crippen LogP contribution in [0.4, 0.5) is 0 Å². The summed E-state index contributed by atoms with van der Waals surface area (Å²) in [5.74, 6) is -0.0753. The number of ether oxygens (including phenoxy) is 3. The van der Waals surface area contributed by atoms with Gasteiger partial charge in [-0.2, -0.15) is 0 Å². The number of pyridine rings is 1. The summed E-state index contributed by atoms with van der Waals surface area (Å²) in [6.07, 6.45) is 2.22. The molecule has 94 valence electrons. The van der Waals surface area contributed by atoms with E-state index >= 15 is 0 Å². The van der Waals surface area contributed by atoms with Crippen LogP contribution >= 0.6 is 0 Å². The van der Waals surface area contributed by atoms with Gasteiger partial charge in [0, 0.05) is 19.1 Å². The molecule has 0 spiro atoms. The predicted molar refractivity (Wildman–Crippen MR) is 59.5 cm³/mol. The van der Waals surface area contributed by atoms with E-state index in [4.69, 9.17) is 19.3 Å². The van der Waals surface area contributed by atoms with Crippen molar-refractivity contribution in [2.75, 3.05) is 21.3 Å². The predicted octanol–water partition coefficient (Wildman–Crippen LogP) is 0.741. The van der Waals surface area contributed by atoms with Crippen LogP contribution in [-0.2, 0) is 16.0 Å². The van der Waals surface area contributed by atoms with Crippen LogP contribution in [-0.4, -0.2) is 43.5 Å². The molecule has 0 aliphatic heterocycles. The van der Waals surface area contributed by atoms with Crippen molar-refractivity contribution in [1.82, 2.24) is 4.98 Å². The van der Waals surface area contributed by atoms with Crippen LogP contribution in [0.5, 0.6) is 11.5 Å². The second-order valence-electron chi connectivity index (χ2n) is 3.29. The molecule has 1 heterocycles. The van der Waals surface area contributed by atoms with E-state index in [-0.39, 0.29) is 6.42 Å². The molecule has 6 nitrogen and oxygen atoms in total. The summed E-state index contributed by atoms with van der Waals surface area (Å²) >= 11 is 0. The molecule has 1 aromatic heterocycles. The fourth-order valence-electron chi connectivity index (χ4n) is 1.46. The van der Waals surface area contributed by atoms with Crippen molar-refractivity contribution < 1.29 is 24.1 Å². The number of hydrogen-bond acceptors (Lipinski definition) is 5. The number of carboxylic acids is 1. The molecule has 1 atom stereocenters. The van der Waals surface area contributed by atoms with Gasteiger partial charge in [-0.25, -0.2) is 4.79 Å². The molecule has 0 saturated carbocycles. The van der Waals surface area contributed by atoms with Gasteiger partial charge in [0.05, 0.1) is 26.6 Å². The molecule has 1 aromatic rings. The van der Waals surface area contributed by atoms with Gasteiger partial charge in [0.15, 0.2) is 6.10 Å². The minimum atomic E-state index is -1.03. The molecule has 17 heavy (non-hydrogen) atoms. The maximum absolute atomic E-state index is 10.9. The van der Waals surface area contributed by atoms with Gasteiger partial charge >= 0.3 is 5.97 Å². The second-order valence-corrected chi connectivity index (χ2v) is 3.29. The number of aromatic nitrogens is 1. The average Bonchev–Trinajstić information content (AvgIpc) is 2.35. The Morgan fingerprint density at radius 1 is 1.29 bits per heavy atom. The van der Waals surface area contributed by atoms with E-state index in [0.717, 1.165) is 0 Å². The van der Waals surface area contributed by atoms with Crippen molar-refractivity contribution in [2.45, 2.75) is 12.5 Å². The van der Waals surface area contributed by atoms with Gasteiger partial charge in [0.2, 0.25) is 0 Å². The summed E-state index contributed by atoms with van der Waals surface area (Å²) in [7, 11) is 4.32. The Kier molecular flexibility index (Phi) is 4.71. The third kappa shape index (κ3) is 3.07. The van der Waals surface area contributed by atoms with Gasteiger partial charge in [0.1, 0.15) is 11.5 Å². The van der Waals surface area contributed by atoms with Crippen LogP contribution in [0.3, 0.4) is 0 Å². The van der Waals surface area contributed by atoms with Crippen LogP contribution in [0.15, 0.2) is 12.4 Å². The fraction of sp³-hybridized carbons (Fsp3) is 0.455. The topological polar surface area (TPSA) is 77.9 Å². The molecular formula is C11H15NO5. The van der Waals surface area contributed by atoms with Crippen molar-refractivity contribution in [2.24, 2.45) is 0 Å². The highest BCUT2D eigenvalue weighted by atomic mass is 16.5. The van der Waals surface area contributed by atoms with Gasteiger partial charge in [-0.15, -0.1) is 0 Å². The Morgan fingerprint density at radius 2 is 1.82 bits per heavy atom. The first-order valence-electron chi connectivity index (χ1n) is 4.94. The van der Waals surface area contributed by atoms with Crippen LogP contribution < -0.4 is 9.47 Å². The second kappa shape index (κ2) is 6.05. The maximum atomic E-state index is 10.9. The minimum absolute atomic E-state index is 0.153. The van der Waals surface area contributed by atoms with E-state index in [1.54, 1.807) is 0 Å². The van der Waals surface area contributed by atoms with Gasteiger partial charge in [-0.05, 0) is 0 Å². The SMILES string of the molecule is COc1cncc(OC)c1CC(OC)C(=O)O. The zero-order valence-electron chi connectivity index (χ0n) is 9.97. The summed E-state index contributed by atoms with van der Waals surface area (Å²) in [6, 6.07) is 0. The Bertz CT molecular complexity index is 371.